The molecule has 1 aromatic carbocycles. The lowest BCUT2D eigenvalue weighted by atomic mass is 10.2. The molecule has 34 heavy (non-hydrogen) atoms. The summed E-state index contributed by atoms with van der Waals surface area (Å²) in [6.07, 6.45) is 3.32. The SMILES string of the molecule is CSc1cc(N2CCN(CCNc3nc(N)n4nc(-c5ccco5)nc4n3)CC2)c(F)cc1F. The van der Waals surface area contributed by atoms with Gasteiger partial charge in [0, 0.05) is 50.2 Å². The van der Waals surface area contributed by atoms with Crippen molar-refractivity contribution < 1.29 is 13.2 Å². The van der Waals surface area contributed by atoms with Gasteiger partial charge in [0.1, 0.15) is 11.6 Å². The van der Waals surface area contributed by atoms with Crippen LogP contribution >= 0.6 is 11.8 Å². The van der Waals surface area contributed by atoms with Crippen LogP contribution in [0.1, 0.15) is 0 Å². The average molecular weight is 488 g/mol. The number of furan rings is 1. The third-order valence-corrected chi connectivity index (χ3v) is 6.37. The topological polar surface area (TPSA) is 114 Å². The molecule has 0 saturated carbocycles. The lowest BCUT2D eigenvalue weighted by molar-refractivity contribution is 0.266. The standard InChI is InChI=1S/C21H23F2N9OS/c1-34-17-12-15(13(22)11-14(17)23)31-8-6-30(7-9-31)5-4-25-20-27-19(24)32-21(28-20)26-18(29-32)16-3-2-10-33-16/h2-3,10-12H,4-9H2,1H3,(H3,24,25,26,27,28,29). The molecule has 178 valence electrons. The van der Waals surface area contributed by atoms with Gasteiger partial charge < -0.3 is 20.4 Å². The number of aromatic nitrogens is 5. The summed E-state index contributed by atoms with van der Waals surface area (Å²) in [6, 6.07) is 6.06. The molecule has 10 nitrogen and oxygen atoms in total. The Kier molecular flexibility index (Phi) is 6.20. The van der Waals surface area contributed by atoms with Gasteiger partial charge >= 0.3 is 0 Å². The van der Waals surface area contributed by atoms with Crippen molar-refractivity contribution in [3.63, 3.8) is 0 Å². The molecule has 0 radical (unpaired) electrons. The first-order valence-corrected chi connectivity index (χ1v) is 11.9. The van der Waals surface area contributed by atoms with E-state index in [1.165, 1.54) is 16.3 Å². The summed E-state index contributed by atoms with van der Waals surface area (Å²) in [4.78, 5) is 17.6. The predicted octanol–water partition coefficient (Wildman–Crippen LogP) is 2.60. The first kappa shape index (κ1) is 22.3. The number of hydrogen-bond donors (Lipinski definition) is 2. The third-order valence-electron chi connectivity index (χ3n) is 5.62. The molecule has 4 heterocycles. The van der Waals surface area contributed by atoms with Crippen LogP contribution in [-0.2, 0) is 0 Å². The molecule has 0 bridgehead atoms. The van der Waals surface area contributed by atoms with E-state index in [0.717, 1.165) is 25.7 Å². The quantitative estimate of drug-likeness (QED) is 0.377. The Morgan fingerprint density at radius 3 is 2.68 bits per heavy atom. The number of hydrogen-bond acceptors (Lipinski definition) is 10. The summed E-state index contributed by atoms with van der Waals surface area (Å²) in [6.45, 7) is 4.16. The Morgan fingerprint density at radius 1 is 1.12 bits per heavy atom. The van der Waals surface area contributed by atoms with Gasteiger partial charge in [-0.1, -0.05) is 0 Å². The van der Waals surface area contributed by atoms with Crippen molar-refractivity contribution >= 4 is 35.1 Å². The number of piperazine rings is 1. The second kappa shape index (κ2) is 9.43. The monoisotopic (exact) mass is 487 g/mol. The maximum Gasteiger partial charge on any atom is 0.259 e. The van der Waals surface area contributed by atoms with Gasteiger partial charge in [-0.25, -0.2) is 8.78 Å². The van der Waals surface area contributed by atoms with E-state index in [-0.39, 0.29) is 5.95 Å². The maximum absolute atomic E-state index is 14.3. The lowest BCUT2D eigenvalue weighted by Crippen LogP contribution is -2.48. The fourth-order valence-electron chi connectivity index (χ4n) is 3.85. The van der Waals surface area contributed by atoms with Crippen LogP contribution in [0.3, 0.4) is 0 Å². The molecule has 0 atom stereocenters. The van der Waals surface area contributed by atoms with Gasteiger partial charge in [0.25, 0.3) is 5.78 Å². The smallest absolute Gasteiger partial charge is 0.259 e. The number of anilines is 3. The number of nitrogens with one attached hydrogen (secondary N) is 1. The van der Waals surface area contributed by atoms with E-state index in [1.807, 2.05) is 4.90 Å². The normalized spacial score (nSPS) is 14.7. The largest absolute Gasteiger partial charge is 0.461 e. The number of nitrogen functional groups attached to an aromatic ring is 1. The van der Waals surface area contributed by atoms with Crippen LogP contribution in [0.15, 0.2) is 39.8 Å². The van der Waals surface area contributed by atoms with Gasteiger partial charge in [-0.3, -0.25) is 4.90 Å². The minimum absolute atomic E-state index is 0.164. The molecule has 1 aliphatic heterocycles. The van der Waals surface area contributed by atoms with Crippen molar-refractivity contribution in [2.75, 3.05) is 61.5 Å². The van der Waals surface area contributed by atoms with Crippen molar-refractivity contribution in [2.24, 2.45) is 0 Å². The van der Waals surface area contributed by atoms with Crippen molar-refractivity contribution in [3.05, 3.63) is 42.2 Å². The Hall–Kier alpha value is -3.45. The highest BCUT2D eigenvalue weighted by molar-refractivity contribution is 7.98. The van der Waals surface area contributed by atoms with Gasteiger partial charge in [0.15, 0.2) is 5.76 Å². The minimum Gasteiger partial charge on any atom is -0.461 e. The van der Waals surface area contributed by atoms with E-state index in [0.29, 0.717) is 53.5 Å². The molecule has 0 unspecified atom stereocenters. The molecule has 5 rings (SSSR count). The fourth-order valence-corrected chi connectivity index (χ4v) is 4.33. The lowest BCUT2D eigenvalue weighted by Gasteiger charge is -2.36. The van der Waals surface area contributed by atoms with E-state index in [4.69, 9.17) is 10.2 Å². The minimum atomic E-state index is -0.528. The molecule has 1 fully saturated rings. The molecular formula is C21H23F2N9OS. The summed E-state index contributed by atoms with van der Waals surface area (Å²) < 4.78 is 34.8. The van der Waals surface area contributed by atoms with Gasteiger partial charge in [-0.05, 0) is 24.5 Å². The van der Waals surface area contributed by atoms with Crippen molar-refractivity contribution in [2.45, 2.75) is 4.90 Å². The van der Waals surface area contributed by atoms with Gasteiger partial charge in [-0.2, -0.15) is 19.5 Å². The van der Waals surface area contributed by atoms with E-state index in [2.05, 4.69) is 30.3 Å². The van der Waals surface area contributed by atoms with Crippen LogP contribution in [-0.4, -0.2) is 75.0 Å². The van der Waals surface area contributed by atoms with E-state index >= 15 is 0 Å². The van der Waals surface area contributed by atoms with Gasteiger partial charge in [0.2, 0.25) is 17.7 Å². The molecule has 3 N–H and O–H groups in total. The molecule has 1 aliphatic rings. The van der Waals surface area contributed by atoms with Crippen LogP contribution < -0.4 is 16.0 Å². The number of fused-ring (bicyclic) bond motifs is 1. The molecular weight excluding hydrogens is 464 g/mol. The Morgan fingerprint density at radius 2 is 1.94 bits per heavy atom. The first-order chi connectivity index (χ1) is 16.5. The van der Waals surface area contributed by atoms with E-state index in [9.17, 15) is 8.78 Å². The van der Waals surface area contributed by atoms with Gasteiger partial charge in [0.05, 0.1) is 12.0 Å². The number of nitrogens with zero attached hydrogens (tertiary/aromatic N) is 7. The zero-order valence-corrected chi connectivity index (χ0v) is 19.2. The second-order valence-electron chi connectivity index (χ2n) is 7.72. The fraction of sp³-hybridized carbons (Fsp3) is 0.333. The number of rotatable bonds is 7. The van der Waals surface area contributed by atoms with Crippen molar-refractivity contribution in [3.8, 4) is 11.6 Å². The highest BCUT2D eigenvalue weighted by Crippen LogP contribution is 2.29. The van der Waals surface area contributed by atoms with Gasteiger partial charge in [-0.15, -0.1) is 16.9 Å². The predicted molar refractivity (Wildman–Crippen MR) is 126 cm³/mol. The Balaban J connectivity index is 1.16. The zero-order valence-electron chi connectivity index (χ0n) is 18.4. The molecule has 0 aliphatic carbocycles. The zero-order chi connectivity index (χ0) is 23.7. The van der Waals surface area contributed by atoms with E-state index < -0.39 is 11.6 Å². The average Bonchev–Trinajstić information content (AvgIpc) is 3.50. The number of halogens is 2. The number of nitrogens with two attached hydrogens (primary N) is 1. The van der Waals surface area contributed by atoms with Crippen LogP contribution in [0.25, 0.3) is 17.4 Å². The Bertz CT molecular complexity index is 1290. The van der Waals surface area contributed by atoms with Crippen LogP contribution in [0.2, 0.25) is 0 Å². The van der Waals surface area contributed by atoms with E-state index in [1.54, 1.807) is 30.7 Å². The second-order valence-corrected chi connectivity index (χ2v) is 8.57. The summed E-state index contributed by atoms with van der Waals surface area (Å²) >= 11 is 1.27. The maximum atomic E-state index is 14.3. The molecule has 13 heteroatoms. The number of benzene rings is 1. The van der Waals surface area contributed by atoms with Crippen molar-refractivity contribution in [1.29, 1.82) is 0 Å². The molecule has 0 amide bonds. The van der Waals surface area contributed by atoms with Crippen molar-refractivity contribution in [1.82, 2.24) is 29.5 Å². The summed E-state index contributed by atoms with van der Waals surface area (Å²) in [5.74, 6) is 0.687. The van der Waals surface area contributed by atoms with Crippen LogP contribution in [0.5, 0.6) is 0 Å². The summed E-state index contributed by atoms with van der Waals surface area (Å²) in [7, 11) is 0. The molecule has 3 aromatic heterocycles. The number of thioether (sulfide) groups is 1. The summed E-state index contributed by atoms with van der Waals surface area (Å²) in [5, 5.41) is 7.45. The highest BCUT2D eigenvalue weighted by atomic mass is 32.2. The third kappa shape index (κ3) is 4.48. The Labute approximate surface area is 198 Å². The molecule has 1 saturated heterocycles. The highest BCUT2D eigenvalue weighted by Gasteiger charge is 2.21. The first-order valence-electron chi connectivity index (χ1n) is 10.7. The van der Waals surface area contributed by atoms with Crippen LogP contribution in [0.4, 0.5) is 26.4 Å². The molecule has 4 aromatic rings. The summed E-state index contributed by atoms with van der Waals surface area (Å²) in [5.41, 5.74) is 6.47. The molecule has 0 spiro atoms. The van der Waals surface area contributed by atoms with Crippen LogP contribution in [0, 0.1) is 11.6 Å².